The van der Waals surface area contributed by atoms with Crippen molar-refractivity contribution in [2.75, 3.05) is 11.1 Å². The van der Waals surface area contributed by atoms with Gasteiger partial charge in [0.1, 0.15) is 5.52 Å². The van der Waals surface area contributed by atoms with Gasteiger partial charge in [-0.2, -0.15) is 13.2 Å². The molecule has 2 N–H and O–H groups in total. The summed E-state index contributed by atoms with van der Waals surface area (Å²) in [7, 11) is 0. The molecule has 0 saturated heterocycles. The number of carbonyl (C=O) groups excluding carboxylic acids is 1. The molecule has 0 bridgehead atoms. The SMILES string of the molecule is Cc1cc(C)c2[nH]c3nc(SCC(=O)Nc4ccccc4C(F)(F)F)nnc3c2c1. The third kappa shape index (κ3) is 3.95. The minimum absolute atomic E-state index is 0.155. The Labute approximate surface area is 173 Å². The zero-order valence-electron chi connectivity index (χ0n) is 16.0. The van der Waals surface area contributed by atoms with E-state index in [4.69, 9.17) is 0 Å². The fourth-order valence-electron chi connectivity index (χ4n) is 3.24. The number of aryl methyl sites for hydroxylation is 2. The second-order valence-corrected chi connectivity index (χ2v) is 7.74. The molecule has 0 aliphatic heterocycles. The lowest BCUT2D eigenvalue weighted by molar-refractivity contribution is -0.137. The van der Waals surface area contributed by atoms with Gasteiger partial charge in [-0.05, 0) is 37.6 Å². The van der Waals surface area contributed by atoms with Crippen LogP contribution in [0.4, 0.5) is 18.9 Å². The zero-order valence-corrected chi connectivity index (χ0v) is 16.8. The molecule has 0 aliphatic rings. The Bertz CT molecular complexity index is 1270. The van der Waals surface area contributed by atoms with Crippen molar-refractivity contribution in [3.8, 4) is 0 Å². The van der Waals surface area contributed by atoms with Crippen LogP contribution in [0.25, 0.3) is 22.1 Å². The van der Waals surface area contributed by atoms with E-state index in [2.05, 4.69) is 25.5 Å². The largest absolute Gasteiger partial charge is 0.418 e. The van der Waals surface area contributed by atoms with Crippen molar-refractivity contribution in [2.45, 2.75) is 25.2 Å². The van der Waals surface area contributed by atoms with Crippen molar-refractivity contribution in [3.63, 3.8) is 0 Å². The van der Waals surface area contributed by atoms with Gasteiger partial charge in [0.2, 0.25) is 11.1 Å². The van der Waals surface area contributed by atoms with Crippen LogP contribution in [0.3, 0.4) is 0 Å². The Morgan fingerprint density at radius 3 is 2.70 bits per heavy atom. The number of rotatable bonds is 4. The number of para-hydroxylation sites is 1. The first-order valence-electron chi connectivity index (χ1n) is 8.94. The molecule has 154 valence electrons. The molecule has 0 atom stereocenters. The minimum atomic E-state index is -4.55. The summed E-state index contributed by atoms with van der Waals surface area (Å²) in [6, 6.07) is 8.87. The maximum Gasteiger partial charge on any atom is 0.418 e. The molecule has 4 rings (SSSR count). The predicted octanol–water partition coefficient (Wildman–Crippen LogP) is 4.87. The highest BCUT2D eigenvalue weighted by molar-refractivity contribution is 7.99. The van der Waals surface area contributed by atoms with Crippen molar-refractivity contribution < 1.29 is 18.0 Å². The quantitative estimate of drug-likeness (QED) is 0.451. The number of nitrogens with one attached hydrogen (secondary N) is 2. The van der Waals surface area contributed by atoms with Crippen LogP contribution in [-0.4, -0.2) is 31.8 Å². The third-order valence-electron chi connectivity index (χ3n) is 4.48. The molecule has 0 unspecified atom stereocenters. The van der Waals surface area contributed by atoms with Crippen LogP contribution >= 0.6 is 11.8 Å². The summed E-state index contributed by atoms with van der Waals surface area (Å²) >= 11 is 0.995. The number of thioether (sulfide) groups is 1. The molecule has 0 radical (unpaired) electrons. The molecule has 4 aromatic rings. The van der Waals surface area contributed by atoms with Crippen LogP contribution in [-0.2, 0) is 11.0 Å². The van der Waals surface area contributed by atoms with Crippen LogP contribution in [0.1, 0.15) is 16.7 Å². The summed E-state index contributed by atoms with van der Waals surface area (Å²) in [6.07, 6.45) is -4.55. The summed E-state index contributed by atoms with van der Waals surface area (Å²) < 4.78 is 39.2. The lowest BCUT2D eigenvalue weighted by atomic mass is 10.1. The van der Waals surface area contributed by atoms with Gasteiger partial charge in [-0.15, -0.1) is 10.2 Å². The lowest BCUT2D eigenvalue weighted by Gasteiger charge is -2.13. The number of hydrogen-bond donors (Lipinski definition) is 2. The summed E-state index contributed by atoms with van der Waals surface area (Å²) in [5.41, 5.74) is 3.06. The average Bonchev–Trinajstić information content (AvgIpc) is 3.04. The first kappa shape index (κ1) is 20.1. The van der Waals surface area contributed by atoms with E-state index < -0.39 is 17.6 Å². The number of benzene rings is 2. The van der Waals surface area contributed by atoms with Crippen LogP contribution in [0.2, 0.25) is 0 Å². The molecule has 2 heterocycles. The number of H-pyrrole nitrogens is 1. The number of nitrogens with zero attached hydrogens (tertiary/aromatic N) is 3. The number of aromatic amines is 1. The van der Waals surface area contributed by atoms with Gasteiger partial charge in [-0.1, -0.05) is 35.5 Å². The number of fused-ring (bicyclic) bond motifs is 3. The summed E-state index contributed by atoms with van der Waals surface area (Å²) in [5.74, 6) is -0.749. The van der Waals surface area contributed by atoms with E-state index in [-0.39, 0.29) is 16.6 Å². The highest BCUT2D eigenvalue weighted by atomic mass is 32.2. The van der Waals surface area contributed by atoms with Crippen LogP contribution in [0, 0.1) is 13.8 Å². The van der Waals surface area contributed by atoms with Gasteiger partial charge < -0.3 is 10.3 Å². The van der Waals surface area contributed by atoms with Gasteiger partial charge in [-0.3, -0.25) is 4.79 Å². The number of aromatic nitrogens is 4. The van der Waals surface area contributed by atoms with E-state index in [9.17, 15) is 18.0 Å². The molecule has 2 aromatic carbocycles. The molecule has 0 spiro atoms. The maximum atomic E-state index is 13.1. The minimum Gasteiger partial charge on any atom is -0.337 e. The van der Waals surface area contributed by atoms with Gasteiger partial charge in [0.05, 0.1) is 22.5 Å². The number of alkyl halides is 3. The Morgan fingerprint density at radius 1 is 1.17 bits per heavy atom. The Balaban J connectivity index is 1.51. The first-order valence-corrected chi connectivity index (χ1v) is 9.93. The number of amides is 1. The van der Waals surface area contributed by atoms with Gasteiger partial charge >= 0.3 is 6.18 Å². The smallest absolute Gasteiger partial charge is 0.337 e. The molecule has 0 saturated carbocycles. The Kier molecular flexibility index (Phi) is 5.10. The first-order chi connectivity index (χ1) is 14.2. The normalized spacial score (nSPS) is 11.9. The lowest BCUT2D eigenvalue weighted by Crippen LogP contribution is -2.18. The second-order valence-electron chi connectivity index (χ2n) is 6.80. The van der Waals surface area contributed by atoms with Gasteiger partial charge in [-0.25, -0.2) is 4.98 Å². The predicted molar refractivity (Wildman–Crippen MR) is 109 cm³/mol. The molecule has 30 heavy (non-hydrogen) atoms. The number of anilines is 1. The number of halogens is 3. The molecule has 6 nitrogen and oxygen atoms in total. The van der Waals surface area contributed by atoms with Gasteiger partial charge in [0.15, 0.2) is 5.65 Å². The van der Waals surface area contributed by atoms with E-state index in [1.54, 1.807) is 0 Å². The fraction of sp³-hybridized carbons (Fsp3) is 0.200. The molecule has 10 heteroatoms. The Hall–Kier alpha value is -3.14. The summed E-state index contributed by atoms with van der Waals surface area (Å²) in [5, 5.41) is 11.7. The summed E-state index contributed by atoms with van der Waals surface area (Å²) in [4.78, 5) is 19.8. The maximum absolute atomic E-state index is 13.1. The van der Waals surface area contributed by atoms with E-state index in [0.29, 0.717) is 11.2 Å². The second kappa shape index (κ2) is 7.60. The third-order valence-corrected chi connectivity index (χ3v) is 5.32. The van der Waals surface area contributed by atoms with Crippen LogP contribution < -0.4 is 5.32 Å². The average molecular weight is 431 g/mol. The molecule has 2 aromatic heterocycles. The fourth-order valence-corrected chi connectivity index (χ4v) is 3.82. The van der Waals surface area contributed by atoms with E-state index >= 15 is 0 Å². The van der Waals surface area contributed by atoms with Crippen molar-refractivity contribution >= 4 is 45.4 Å². The highest BCUT2D eigenvalue weighted by Crippen LogP contribution is 2.34. The summed E-state index contributed by atoms with van der Waals surface area (Å²) in [6.45, 7) is 3.98. The van der Waals surface area contributed by atoms with Crippen LogP contribution in [0.15, 0.2) is 41.6 Å². The van der Waals surface area contributed by atoms with E-state index in [1.807, 2.05) is 26.0 Å². The highest BCUT2D eigenvalue weighted by Gasteiger charge is 2.33. The zero-order chi connectivity index (χ0) is 21.5. The topological polar surface area (TPSA) is 83.6 Å². The molecule has 0 aliphatic carbocycles. The monoisotopic (exact) mass is 431 g/mol. The molecule has 0 fully saturated rings. The van der Waals surface area contributed by atoms with Crippen LogP contribution in [0.5, 0.6) is 0 Å². The van der Waals surface area contributed by atoms with Crippen molar-refractivity contribution in [2.24, 2.45) is 0 Å². The van der Waals surface area contributed by atoms with Crippen molar-refractivity contribution in [1.29, 1.82) is 0 Å². The molecular weight excluding hydrogens is 415 g/mol. The van der Waals surface area contributed by atoms with Gasteiger partial charge in [0.25, 0.3) is 0 Å². The number of hydrogen-bond acceptors (Lipinski definition) is 5. The standard InChI is InChI=1S/C20H16F3N5OS/c1-10-7-11(2)16-12(8-10)17-18(25-16)26-19(28-27-17)30-9-15(29)24-14-6-4-3-5-13(14)20(21,22)23/h3-8H,9H2,1-2H3,(H,24,29)(H,25,26,28). The van der Waals surface area contributed by atoms with E-state index in [0.717, 1.165) is 39.9 Å². The van der Waals surface area contributed by atoms with Crippen molar-refractivity contribution in [3.05, 3.63) is 53.1 Å². The Morgan fingerprint density at radius 2 is 1.93 bits per heavy atom. The molecular formula is C20H16F3N5OS. The van der Waals surface area contributed by atoms with Crippen molar-refractivity contribution in [1.82, 2.24) is 20.2 Å². The van der Waals surface area contributed by atoms with E-state index in [1.165, 1.54) is 18.2 Å². The van der Waals surface area contributed by atoms with Gasteiger partial charge in [0, 0.05) is 5.39 Å². The number of carbonyl (C=O) groups is 1. The molecule has 1 amide bonds.